The Morgan fingerprint density at radius 2 is 1.93 bits per heavy atom. The molecule has 0 aliphatic carbocycles. The van der Waals surface area contributed by atoms with Crippen molar-refractivity contribution in [1.82, 2.24) is 29.6 Å². The highest BCUT2D eigenvalue weighted by Crippen LogP contribution is 2.23. The molecule has 0 fully saturated rings. The van der Waals surface area contributed by atoms with Crippen LogP contribution in [0.25, 0.3) is 16.9 Å². The average Bonchev–Trinajstić information content (AvgIpc) is 3.42. The van der Waals surface area contributed by atoms with Crippen molar-refractivity contribution in [2.75, 3.05) is 6.54 Å². The van der Waals surface area contributed by atoms with Gasteiger partial charge in [-0.05, 0) is 30.7 Å². The maximum absolute atomic E-state index is 12.8. The van der Waals surface area contributed by atoms with E-state index in [4.69, 9.17) is 0 Å². The zero-order valence-corrected chi connectivity index (χ0v) is 15.3. The summed E-state index contributed by atoms with van der Waals surface area (Å²) >= 11 is 0. The number of para-hydroxylation sites is 1. The third-order valence-corrected chi connectivity index (χ3v) is 4.35. The lowest BCUT2D eigenvalue weighted by Crippen LogP contribution is -2.25. The van der Waals surface area contributed by atoms with Gasteiger partial charge in [-0.2, -0.15) is 5.10 Å². The van der Waals surface area contributed by atoms with Crippen LogP contribution in [0.15, 0.2) is 79.8 Å². The van der Waals surface area contributed by atoms with Crippen molar-refractivity contribution in [1.29, 1.82) is 0 Å². The molecule has 3 heterocycles. The molecular formula is C21H20N6O. The van der Waals surface area contributed by atoms with Crippen LogP contribution in [0.2, 0.25) is 0 Å². The van der Waals surface area contributed by atoms with E-state index in [1.54, 1.807) is 35.8 Å². The quantitative estimate of drug-likeness (QED) is 0.506. The van der Waals surface area contributed by atoms with Gasteiger partial charge < -0.3 is 9.88 Å². The molecule has 0 aliphatic rings. The van der Waals surface area contributed by atoms with Gasteiger partial charge in [0.05, 0.1) is 17.6 Å². The SMILES string of the molecule is O=C(NCCCn1ccnc1)c1cn(-c2ccccc2)nc1-c1cccnc1. The second kappa shape index (κ2) is 8.30. The first kappa shape index (κ1) is 17.7. The molecule has 3 aromatic heterocycles. The topological polar surface area (TPSA) is 77.6 Å². The highest BCUT2D eigenvalue weighted by atomic mass is 16.1. The molecule has 4 rings (SSSR count). The van der Waals surface area contributed by atoms with Crippen LogP contribution in [0, 0.1) is 0 Å². The van der Waals surface area contributed by atoms with Crippen molar-refractivity contribution in [3.8, 4) is 16.9 Å². The Morgan fingerprint density at radius 1 is 1.04 bits per heavy atom. The number of amides is 1. The molecule has 0 bridgehead atoms. The van der Waals surface area contributed by atoms with Crippen LogP contribution in [0.1, 0.15) is 16.8 Å². The predicted octanol–water partition coefficient (Wildman–Crippen LogP) is 2.95. The van der Waals surface area contributed by atoms with Crippen molar-refractivity contribution in [3.05, 3.63) is 85.3 Å². The van der Waals surface area contributed by atoms with Crippen LogP contribution >= 0.6 is 0 Å². The highest BCUT2D eigenvalue weighted by molar-refractivity contribution is 5.99. The number of nitrogens with zero attached hydrogens (tertiary/aromatic N) is 5. The molecule has 0 radical (unpaired) electrons. The molecule has 0 atom stereocenters. The van der Waals surface area contributed by atoms with E-state index in [9.17, 15) is 4.79 Å². The molecule has 1 amide bonds. The summed E-state index contributed by atoms with van der Waals surface area (Å²) in [4.78, 5) is 21.0. The number of hydrogen-bond acceptors (Lipinski definition) is 4. The summed E-state index contributed by atoms with van der Waals surface area (Å²) in [5.74, 6) is -0.147. The number of pyridine rings is 1. The number of nitrogens with one attached hydrogen (secondary N) is 1. The van der Waals surface area contributed by atoms with E-state index in [0.717, 1.165) is 24.2 Å². The standard InChI is InChI=1S/C21H20N6O/c28-21(24-10-5-12-26-13-11-23-16-26)19-15-27(18-7-2-1-3-8-18)25-20(19)17-6-4-9-22-14-17/h1-4,6-9,11,13-16H,5,10,12H2,(H,24,28). The average molecular weight is 372 g/mol. The first-order valence-corrected chi connectivity index (χ1v) is 9.11. The Kier molecular flexibility index (Phi) is 5.24. The lowest BCUT2D eigenvalue weighted by molar-refractivity contribution is 0.0953. The summed E-state index contributed by atoms with van der Waals surface area (Å²) in [6.45, 7) is 1.37. The Morgan fingerprint density at radius 3 is 2.68 bits per heavy atom. The molecule has 4 aromatic rings. The second-order valence-corrected chi connectivity index (χ2v) is 6.32. The largest absolute Gasteiger partial charge is 0.352 e. The summed E-state index contributed by atoms with van der Waals surface area (Å²) in [6, 6.07) is 13.5. The lowest BCUT2D eigenvalue weighted by atomic mass is 10.1. The van der Waals surface area contributed by atoms with Gasteiger partial charge in [0.15, 0.2) is 0 Å². The zero-order valence-electron chi connectivity index (χ0n) is 15.3. The Hall–Kier alpha value is -3.74. The molecule has 0 unspecified atom stereocenters. The lowest BCUT2D eigenvalue weighted by Gasteiger charge is -2.06. The highest BCUT2D eigenvalue weighted by Gasteiger charge is 2.18. The summed E-state index contributed by atoms with van der Waals surface area (Å²) in [7, 11) is 0. The van der Waals surface area contributed by atoms with Crippen molar-refractivity contribution >= 4 is 5.91 Å². The minimum absolute atomic E-state index is 0.147. The van der Waals surface area contributed by atoms with Crippen molar-refractivity contribution in [2.45, 2.75) is 13.0 Å². The van der Waals surface area contributed by atoms with Gasteiger partial charge in [-0.15, -0.1) is 0 Å². The van der Waals surface area contributed by atoms with E-state index in [0.29, 0.717) is 17.8 Å². The number of hydrogen-bond donors (Lipinski definition) is 1. The molecular weight excluding hydrogens is 352 g/mol. The molecule has 28 heavy (non-hydrogen) atoms. The molecule has 1 aromatic carbocycles. The van der Waals surface area contributed by atoms with Crippen LogP contribution in [0.3, 0.4) is 0 Å². The fourth-order valence-electron chi connectivity index (χ4n) is 2.95. The van der Waals surface area contributed by atoms with E-state index in [-0.39, 0.29) is 5.91 Å². The van der Waals surface area contributed by atoms with E-state index >= 15 is 0 Å². The van der Waals surface area contributed by atoms with Crippen LogP contribution in [-0.2, 0) is 6.54 Å². The van der Waals surface area contributed by atoms with Gasteiger partial charge in [0.25, 0.3) is 5.91 Å². The summed E-state index contributed by atoms with van der Waals surface area (Å²) in [5.41, 5.74) is 2.84. The molecule has 0 saturated carbocycles. The Bertz CT molecular complexity index is 1030. The maximum atomic E-state index is 12.8. The Balaban J connectivity index is 1.54. The fraction of sp³-hybridized carbons (Fsp3) is 0.143. The number of imidazole rings is 1. The number of carbonyl (C=O) groups is 1. The molecule has 7 nitrogen and oxygen atoms in total. The van der Waals surface area contributed by atoms with Gasteiger partial charge in [0.2, 0.25) is 0 Å². The third kappa shape index (κ3) is 3.98. The molecule has 1 N–H and O–H groups in total. The van der Waals surface area contributed by atoms with Gasteiger partial charge >= 0.3 is 0 Å². The summed E-state index contributed by atoms with van der Waals surface area (Å²) in [6.07, 6.45) is 11.4. The number of rotatable bonds is 7. The maximum Gasteiger partial charge on any atom is 0.255 e. The van der Waals surface area contributed by atoms with Gasteiger partial charge in [-0.3, -0.25) is 9.78 Å². The van der Waals surface area contributed by atoms with Crippen LogP contribution in [0.4, 0.5) is 0 Å². The molecule has 7 heteroatoms. The monoisotopic (exact) mass is 372 g/mol. The van der Waals surface area contributed by atoms with Crippen molar-refractivity contribution in [2.24, 2.45) is 0 Å². The first-order valence-electron chi connectivity index (χ1n) is 9.11. The van der Waals surface area contributed by atoms with E-state index in [1.807, 2.05) is 53.2 Å². The third-order valence-electron chi connectivity index (χ3n) is 4.35. The van der Waals surface area contributed by atoms with Crippen LogP contribution in [-0.4, -0.2) is 36.8 Å². The zero-order chi connectivity index (χ0) is 19.2. The van der Waals surface area contributed by atoms with Crippen LogP contribution < -0.4 is 5.32 Å². The number of benzene rings is 1. The number of carbonyl (C=O) groups excluding carboxylic acids is 1. The summed E-state index contributed by atoms with van der Waals surface area (Å²) < 4.78 is 3.71. The molecule has 140 valence electrons. The minimum Gasteiger partial charge on any atom is -0.352 e. The Labute approximate surface area is 162 Å². The van der Waals surface area contributed by atoms with E-state index in [2.05, 4.69) is 20.4 Å². The van der Waals surface area contributed by atoms with Gasteiger partial charge in [0.1, 0.15) is 5.69 Å². The molecule has 0 aliphatic heterocycles. The van der Waals surface area contributed by atoms with E-state index < -0.39 is 0 Å². The van der Waals surface area contributed by atoms with Crippen molar-refractivity contribution < 1.29 is 4.79 Å². The number of aromatic nitrogens is 5. The van der Waals surface area contributed by atoms with Gasteiger partial charge in [-0.1, -0.05) is 18.2 Å². The summed E-state index contributed by atoms with van der Waals surface area (Å²) in [5, 5.41) is 7.63. The van der Waals surface area contributed by atoms with Crippen LogP contribution in [0.5, 0.6) is 0 Å². The minimum atomic E-state index is -0.147. The second-order valence-electron chi connectivity index (χ2n) is 6.32. The predicted molar refractivity (Wildman–Crippen MR) is 106 cm³/mol. The molecule has 0 saturated heterocycles. The van der Waals surface area contributed by atoms with Crippen molar-refractivity contribution in [3.63, 3.8) is 0 Å². The van der Waals surface area contributed by atoms with Gasteiger partial charge in [0, 0.05) is 49.6 Å². The number of aryl methyl sites for hydroxylation is 1. The van der Waals surface area contributed by atoms with Gasteiger partial charge in [-0.25, -0.2) is 9.67 Å². The van der Waals surface area contributed by atoms with E-state index in [1.165, 1.54) is 0 Å². The first-order chi connectivity index (χ1) is 13.8. The fourth-order valence-corrected chi connectivity index (χ4v) is 2.95. The smallest absolute Gasteiger partial charge is 0.255 e. The normalized spacial score (nSPS) is 10.7. The molecule has 0 spiro atoms.